The Kier molecular flexibility index (Phi) is 8.95. The summed E-state index contributed by atoms with van der Waals surface area (Å²) < 4.78 is 30.0. The van der Waals surface area contributed by atoms with Gasteiger partial charge in [0, 0.05) is 24.6 Å². The SMILES string of the molecule is CCOC(=O)c1ccc(Cl)c(-c2cnc(NC)cn2)c1.O=CC1=C(F)C=NC=C(F)C1. The Balaban J connectivity index is 0.000000262. The molecule has 1 aliphatic heterocycles. The van der Waals surface area contributed by atoms with Gasteiger partial charge in [-0.05, 0) is 25.1 Å². The van der Waals surface area contributed by atoms with Crippen LogP contribution in [-0.4, -0.2) is 42.1 Å². The average Bonchev–Trinajstić information content (AvgIpc) is 2.94. The zero-order valence-corrected chi connectivity index (χ0v) is 17.5. The lowest BCUT2D eigenvalue weighted by Gasteiger charge is -2.07. The van der Waals surface area contributed by atoms with Gasteiger partial charge < -0.3 is 10.1 Å². The number of hydrogen-bond donors (Lipinski definition) is 1. The van der Waals surface area contributed by atoms with Crippen LogP contribution in [0.2, 0.25) is 5.02 Å². The number of carbonyl (C=O) groups is 2. The van der Waals surface area contributed by atoms with Crippen LogP contribution in [0.4, 0.5) is 14.6 Å². The summed E-state index contributed by atoms with van der Waals surface area (Å²) in [7, 11) is 1.76. The minimum absolute atomic E-state index is 0.208. The Morgan fingerprint density at radius 2 is 2.06 bits per heavy atom. The van der Waals surface area contributed by atoms with Crippen molar-refractivity contribution in [3.8, 4) is 11.3 Å². The second kappa shape index (κ2) is 11.7. The number of esters is 1. The maximum Gasteiger partial charge on any atom is 0.338 e. The van der Waals surface area contributed by atoms with E-state index in [9.17, 15) is 18.4 Å². The highest BCUT2D eigenvalue weighted by Gasteiger charge is 2.12. The molecule has 7 nitrogen and oxygen atoms in total. The molecule has 162 valence electrons. The number of halogens is 3. The van der Waals surface area contributed by atoms with Gasteiger partial charge in [-0.3, -0.25) is 14.8 Å². The first-order chi connectivity index (χ1) is 14.9. The highest BCUT2D eigenvalue weighted by Crippen LogP contribution is 2.27. The number of aliphatic imine (C=N–C) groups is 1. The zero-order valence-electron chi connectivity index (χ0n) is 16.7. The van der Waals surface area contributed by atoms with Crippen molar-refractivity contribution >= 4 is 35.9 Å². The Morgan fingerprint density at radius 1 is 1.29 bits per heavy atom. The quantitative estimate of drug-likeness (QED) is 0.526. The summed E-state index contributed by atoms with van der Waals surface area (Å²) in [6.45, 7) is 2.09. The Hall–Kier alpha value is -3.46. The second-order valence-electron chi connectivity index (χ2n) is 5.97. The van der Waals surface area contributed by atoms with E-state index in [0.29, 0.717) is 40.6 Å². The van der Waals surface area contributed by atoms with Crippen LogP contribution in [0.3, 0.4) is 0 Å². The Morgan fingerprint density at radius 3 is 2.68 bits per heavy atom. The first-order valence-electron chi connectivity index (χ1n) is 9.08. The van der Waals surface area contributed by atoms with Crippen LogP contribution >= 0.6 is 11.6 Å². The summed E-state index contributed by atoms with van der Waals surface area (Å²) in [6, 6.07) is 4.93. The molecule has 10 heteroatoms. The van der Waals surface area contributed by atoms with Gasteiger partial charge in [-0.1, -0.05) is 11.6 Å². The standard InChI is InChI=1S/C14H14ClN3O2.C7H5F2NO/c1-3-20-14(19)9-4-5-11(15)10(6-9)12-7-18-13(16-2)8-17-12;8-6-1-5(4-11)7(9)3-10-2-6/h4-8H,3H2,1-2H3,(H,16,18);2-4H,1H2. The number of ether oxygens (including phenoxy) is 1. The van der Waals surface area contributed by atoms with Crippen molar-refractivity contribution in [1.82, 2.24) is 9.97 Å². The molecule has 2 heterocycles. The normalized spacial score (nSPS) is 12.9. The van der Waals surface area contributed by atoms with Gasteiger partial charge in [-0.2, -0.15) is 0 Å². The van der Waals surface area contributed by atoms with E-state index in [2.05, 4.69) is 20.3 Å². The minimum atomic E-state index is -0.774. The fourth-order valence-corrected chi connectivity index (χ4v) is 2.55. The van der Waals surface area contributed by atoms with Crippen molar-refractivity contribution in [3.63, 3.8) is 0 Å². The molecule has 0 aliphatic carbocycles. The van der Waals surface area contributed by atoms with Crippen LogP contribution in [-0.2, 0) is 9.53 Å². The van der Waals surface area contributed by atoms with Gasteiger partial charge >= 0.3 is 5.97 Å². The van der Waals surface area contributed by atoms with Crippen molar-refractivity contribution in [3.05, 3.63) is 64.6 Å². The van der Waals surface area contributed by atoms with E-state index >= 15 is 0 Å². The molecule has 2 aromatic rings. The van der Waals surface area contributed by atoms with Gasteiger partial charge in [-0.25, -0.2) is 18.6 Å². The molecule has 1 aromatic carbocycles. The number of rotatable bonds is 5. The highest BCUT2D eigenvalue weighted by molar-refractivity contribution is 6.33. The lowest BCUT2D eigenvalue weighted by Crippen LogP contribution is -2.04. The minimum Gasteiger partial charge on any atom is -0.462 e. The van der Waals surface area contributed by atoms with Crippen LogP contribution in [0.15, 0.2) is 59.0 Å². The first-order valence-corrected chi connectivity index (χ1v) is 9.45. The van der Waals surface area contributed by atoms with Gasteiger partial charge in [0.25, 0.3) is 0 Å². The smallest absolute Gasteiger partial charge is 0.338 e. The molecule has 0 radical (unpaired) electrons. The van der Waals surface area contributed by atoms with Crippen molar-refractivity contribution in [2.45, 2.75) is 13.3 Å². The molecule has 0 amide bonds. The third-order valence-corrected chi connectivity index (χ3v) is 4.20. The van der Waals surface area contributed by atoms with E-state index in [-0.39, 0.29) is 18.0 Å². The lowest BCUT2D eigenvalue weighted by molar-refractivity contribution is -0.105. The van der Waals surface area contributed by atoms with E-state index in [1.807, 2.05) is 0 Å². The van der Waals surface area contributed by atoms with Crippen LogP contribution < -0.4 is 5.32 Å². The Bertz CT molecular complexity index is 1040. The number of aromatic nitrogens is 2. The van der Waals surface area contributed by atoms with Crippen LogP contribution in [0, 0.1) is 0 Å². The molecule has 0 saturated carbocycles. The largest absolute Gasteiger partial charge is 0.462 e. The molecule has 0 saturated heterocycles. The van der Waals surface area contributed by atoms with Gasteiger partial charge in [0.1, 0.15) is 23.8 Å². The van der Waals surface area contributed by atoms with Gasteiger partial charge in [0.2, 0.25) is 0 Å². The predicted octanol–water partition coefficient (Wildman–Crippen LogP) is 4.71. The summed E-state index contributed by atoms with van der Waals surface area (Å²) in [6.07, 6.45) is 4.88. The lowest BCUT2D eigenvalue weighted by atomic mass is 10.1. The van der Waals surface area contributed by atoms with E-state index in [0.717, 1.165) is 12.4 Å². The van der Waals surface area contributed by atoms with Crippen molar-refractivity contribution < 1.29 is 23.1 Å². The molecule has 3 rings (SSSR count). The maximum atomic E-state index is 12.6. The summed E-state index contributed by atoms with van der Waals surface area (Å²) in [5.74, 6) is -1.11. The number of allylic oxidation sites excluding steroid dienone is 3. The Labute approximate surface area is 182 Å². The first kappa shape index (κ1) is 23.8. The molecule has 0 spiro atoms. The molecule has 31 heavy (non-hydrogen) atoms. The fourth-order valence-electron chi connectivity index (χ4n) is 2.34. The van der Waals surface area contributed by atoms with Crippen LogP contribution in [0.25, 0.3) is 11.3 Å². The molecule has 1 N–H and O–H groups in total. The molecule has 1 aromatic heterocycles. The van der Waals surface area contributed by atoms with E-state index < -0.39 is 11.7 Å². The predicted molar refractivity (Wildman–Crippen MR) is 114 cm³/mol. The average molecular weight is 449 g/mol. The van der Waals surface area contributed by atoms with Crippen molar-refractivity contribution in [2.24, 2.45) is 4.99 Å². The zero-order chi connectivity index (χ0) is 22.8. The second-order valence-corrected chi connectivity index (χ2v) is 6.38. The third-order valence-electron chi connectivity index (χ3n) is 3.87. The van der Waals surface area contributed by atoms with E-state index in [1.54, 1.807) is 44.6 Å². The summed E-state index contributed by atoms with van der Waals surface area (Å²) in [4.78, 5) is 33.6. The van der Waals surface area contributed by atoms with Gasteiger partial charge in [0.05, 0.1) is 47.7 Å². The summed E-state index contributed by atoms with van der Waals surface area (Å²) in [5, 5.41) is 3.39. The highest BCUT2D eigenvalue weighted by atomic mass is 35.5. The molecular weight excluding hydrogens is 430 g/mol. The number of carbonyl (C=O) groups excluding carboxylic acids is 2. The van der Waals surface area contributed by atoms with Crippen LogP contribution in [0.5, 0.6) is 0 Å². The van der Waals surface area contributed by atoms with Gasteiger partial charge in [0.15, 0.2) is 0 Å². The molecular formula is C21H19ClF2N4O3. The molecule has 0 unspecified atom stereocenters. The number of benzene rings is 1. The number of nitrogens with zero attached hydrogens (tertiary/aromatic N) is 3. The summed E-state index contributed by atoms with van der Waals surface area (Å²) in [5.41, 5.74) is 1.47. The molecule has 1 aliphatic rings. The third kappa shape index (κ3) is 6.78. The summed E-state index contributed by atoms with van der Waals surface area (Å²) >= 11 is 6.15. The molecule has 0 atom stereocenters. The number of nitrogens with one attached hydrogen (secondary N) is 1. The monoisotopic (exact) mass is 448 g/mol. The molecule has 0 fully saturated rings. The van der Waals surface area contributed by atoms with Gasteiger partial charge in [-0.15, -0.1) is 0 Å². The number of hydrogen-bond acceptors (Lipinski definition) is 7. The van der Waals surface area contributed by atoms with Crippen molar-refractivity contribution in [1.29, 1.82) is 0 Å². The van der Waals surface area contributed by atoms with E-state index in [4.69, 9.17) is 16.3 Å². The van der Waals surface area contributed by atoms with E-state index in [1.165, 1.54) is 0 Å². The number of aldehydes is 1. The maximum absolute atomic E-state index is 12.6. The fraction of sp³-hybridized carbons (Fsp3) is 0.190. The van der Waals surface area contributed by atoms with Crippen LogP contribution in [0.1, 0.15) is 23.7 Å². The van der Waals surface area contributed by atoms with Crippen molar-refractivity contribution in [2.75, 3.05) is 19.0 Å². The number of anilines is 1. The molecule has 0 bridgehead atoms. The topological polar surface area (TPSA) is 93.5 Å².